The largest absolute Gasteiger partial charge is 0.481 e. The molecule has 0 spiro atoms. The Balaban J connectivity index is 0.000000169. The number of rotatable bonds is 2. The lowest BCUT2D eigenvalue weighted by Gasteiger charge is -2.27. The summed E-state index contributed by atoms with van der Waals surface area (Å²) in [6.07, 6.45) is 0.967. The second-order valence-corrected chi connectivity index (χ2v) is 6.62. The van der Waals surface area contributed by atoms with E-state index in [1.807, 2.05) is 48.2 Å². The zero-order valence-electron chi connectivity index (χ0n) is 12.4. The third-order valence-corrected chi connectivity index (χ3v) is 5.18. The van der Waals surface area contributed by atoms with Crippen molar-refractivity contribution < 1.29 is 14.3 Å². The predicted octanol–water partition coefficient (Wildman–Crippen LogP) is 4.86. The van der Waals surface area contributed by atoms with Crippen molar-refractivity contribution in [2.24, 2.45) is 5.92 Å². The molecule has 1 N–H and O–H groups in total. The predicted molar refractivity (Wildman–Crippen MR) is 88.7 cm³/mol. The molecule has 0 fully saturated rings. The molecular weight excluding hydrogens is 296 g/mol. The Morgan fingerprint density at radius 1 is 1.18 bits per heavy atom. The molecule has 2 aromatic heterocycles. The average molecular weight is 314 g/mol. The fourth-order valence-corrected chi connectivity index (χ4v) is 3.93. The van der Waals surface area contributed by atoms with E-state index < -0.39 is 5.97 Å². The number of hydrogen-bond acceptors (Lipinski definition) is 3. The van der Waals surface area contributed by atoms with E-state index in [1.54, 1.807) is 6.92 Å². The van der Waals surface area contributed by atoms with Gasteiger partial charge in [-0.25, -0.2) is 0 Å². The van der Waals surface area contributed by atoms with Crippen molar-refractivity contribution in [3.63, 3.8) is 0 Å². The van der Waals surface area contributed by atoms with Crippen molar-refractivity contribution in [2.75, 3.05) is 5.75 Å². The molecule has 2 unspecified atom stereocenters. The second-order valence-electron chi connectivity index (χ2n) is 5.48. The summed E-state index contributed by atoms with van der Waals surface area (Å²) >= 11 is 1.83. The van der Waals surface area contributed by atoms with Gasteiger partial charge in [-0.05, 0) is 54.0 Å². The molecule has 114 valence electrons. The number of benzene rings is 2. The number of aliphatic carboxylic acids is 1. The number of carboxylic acid groups (broad SMARTS) is 1. The van der Waals surface area contributed by atoms with Crippen LogP contribution in [-0.4, -0.2) is 16.8 Å². The normalized spacial score (nSPS) is 18.3. The summed E-state index contributed by atoms with van der Waals surface area (Å²) in [5, 5.41) is 9.05. The summed E-state index contributed by atoms with van der Waals surface area (Å²) in [6.45, 7) is 1.81. The van der Waals surface area contributed by atoms with Crippen molar-refractivity contribution in [2.45, 2.75) is 24.2 Å². The Hall–Kier alpha value is -1.94. The molecule has 0 saturated heterocycles. The lowest BCUT2D eigenvalue weighted by atomic mass is 9.85. The van der Waals surface area contributed by atoms with Crippen LogP contribution in [0.1, 0.15) is 24.8 Å². The van der Waals surface area contributed by atoms with Gasteiger partial charge in [0.2, 0.25) is 0 Å². The highest BCUT2D eigenvalue weighted by atomic mass is 32.2. The standard InChI is InChI=1S/C12H14O2S.C6H4O/c1-8(12(13)14)9-6-7-15-11-5-3-2-4-10(9)11;1-2-6-4-3-5(1)7-6/h2-5,8-9H,6-7H2,1H3,(H,13,14);1-4H. The van der Waals surface area contributed by atoms with Crippen LogP contribution < -0.4 is 0 Å². The van der Waals surface area contributed by atoms with Gasteiger partial charge in [0.05, 0.1) is 5.92 Å². The molecule has 0 amide bonds. The molecule has 4 heteroatoms. The second kappa shape index (κ2) is 6.44. The molecule has 2 bridgehead atoms. The van der Waals surface area contributed by atoms with Crippen molar-refractivity contribution in [1.29, 1.82) is 0 Å². The van der Waals surface area contributed by atoms with E-state index >= 15 is 0 Å². The molecule has 3 nitrogen and oxygen atoms in total. The van der Waals surface area contributed by atoms with Crippen LogP contribution in [0.5, 0.6) is 0 Å². The monoisotopic (exact) mass is 314 g/mol. The van der Waals surface area contributed by atoms with Crippen LogP contribution >= 0.6 is 11.8 Å². The van der Waals surface area contributed by atoms with Gasteiger partial charge in [0, 0.05) is 4.90 Å². The molecule has 22 heavy (non-hydrogen) atoms. The molecule has 1 aliphatic heterocycles. The number of hydrogen-bond donors (Lipinski definition) is 1. The number of carboxylic acids is 1. The summed E-state index contributed by atoms with van der Waals surface area (Å²) < 4.78 is 5.08. The number of thioether (sulfide) groups is 1. The highest BCUT2D eigenvalue weighted by molar-refractivity contribution is 7.99. The molecule has 1 aliphatic rings. The summed E-state index contributed by atoms with van der Waals surface area (Å²) in [6, 6.07) is 16.0. The minimum atomic E-state index is -0.693. The molecule has 0 saturated carbocycles. The molecule has 0 aliphatic carbocycles. The van der Waals surface area contributed by atoms with Crippen LogP contribution in [0.15, 0.2) is 57.8 Å². The van der Waals surface area contributed by atoms with Gasteiger partial charge in [-0.15, -0.1) is 11.8 Å². The first-order valence-corrected chi connectivity index (χ1v) is 8.36. The third kappa shape index (κ3) is 3.12. The van der Waals surface area contributed by atoms with Gasteiger partial charge in [-0.3, -0.25) is 4.79 Å². The zero-order chi connectivity index (χ0) is 15.5. The first-order valence-electron chi connectivity index (χ1n) is 7.37. The van der Waals surface area contributed by atoms with E-state index in [1.165, 1.54) is 10.5 Å². The lowest BCUT2D eigenvalue weighted by molar-refractivity contribution is -0.141. The van der Waals surface area contributed by atoms with E-state index in [0.717, 1.165) is 23.3 Å². The van der Waals surface area contributed by atoms with Crippen LogP contribution in [0, 0.1) is 5.92 Å². The van der Waals surface area contributed by atoms with Crippen LogP contribution in [0.2, 0.25) is 0 Å². The minimum Gasteiger partial charge on any atom is -0.481 e. The van der Waals surface area contributed by atoms with Crippen LogP contribution in [0.3, 0.4) is 0 Å². The number of furan rings is 2. The quantitative estimate of drug-likeness (QED) is 0.734. The maximum Gasteiger partial charge on any atom is 0.306 e. The highest BCUT2D eigenvalue weighted by Gasteiger charge is 2.29. The number of fused-ring (bicyclic) bond motifs is 3. The Kier molecular flexibility index (Phi) is 4.39. The van der Waals surface area contributed by atoms with Gasteiger partial charge >= 0.3 is 5.97 Å². The van der Waals surface area contributed by atoms with Gasteiger partial charge in [0.1, 0.15) is 11.2 Å². The SMILES string of the molecule is CC(C(=O)O)C1CCSc2ccccc21.c1cc2ccc1o2. The molecule has 4 rings (SSSR count). The van der Waals surface area contributed by atoms with Crippen molar-refractivity contribution in [3.8, 4) is 0 Å². The lowest BCUT2D eigenvalue weighted by Crippen LogP contribution is -2.22. The summed E-state index contributed by atoms with van der Waals surface area (Å²) in [7, 11) is 0. The average Bonchev–Trinajstić information content (AvgIpc) is 3.19. The summed E-state index contributed by atoms with van der Waals surface area (Å²) in [5.41, 5.74) is 3.15. The van der Waals surface area contributed by atoms with E-state index in [4.69, 9.17) is 9.52 Å². The van der Waals surface area contributed by atoms with Gasteiger partial charge in [-0.2, -0.15) is 0 Å². The molecule has 2 atom stereocenters. The summed E-state index contributed by atoms with van der Waals surface area (Å²) in [5.74, 6) is 0.230. The van der Waals surface area contributed by atoms with E-state index in [0.29, 0.717) is 0 Å². The van der Waals surface area contributed by atoms with Crippen molar-refractivity contribution >= 4 is 28.9 Å². The maximum absolute atomic E-state index is 11.0. The Morgan fingerprint density at radius 2 is 1.82 bits per heavy atom. The van der Waals surface area contributed by atoms with Gasteiger partial charge < -0.3 is 9.52 Å². The smallest absolute Gasteiger partial charge is 0.306 e. The molecular formula is C18H18O3S. The Bertz CT molecular complexity index is 704. The van der Waals surface area contributed by atoms with Crippen molar-refractivity contribution in [3.05, 3.63) is 54.1 Å². The van der Waals surface area contributed by atoms with Crippen LogP contribution in [0.4, 0.5) is 0 Å². The number of carbonyl (C=O) groups is 1. The maximum atomic E-state index is 11.0. The van der Waals surface area contributed by atoms with Gasteiger partial charge in [0.15, 0.2) is 0 Å². The van der Waals surface area contributed by atoms with Gasteiger partial charge in [-0.1, -0.05) is 25.1 Å². The van der Waals surface area contributed by atoms with E-state index in [2.05, 4.69) is 12.1 Å². The first-order chi connectivity index (χ1) is 10.6. The van der Waals surface area contributed by atoms with Crippen LogP contribution in [0.25, 0.3) is 11.2 Å². The van der Waals surface area contributed by atoms with E-state index in [9.17, 15) is 4.79 Å². The van der Waals surface area contributed by atoms with Gasteiger partial charge in [0.25, 0.3) is 0 Å². The zero-order valence-corrected chi connectivity index (χ0v) is 13.2. The van der Waals surface area contributed by atoms with E-state index in [-0.39, 0.29) is 11.8 Å². The fraction of sp³-hybridized carbons (Fsp3) is 0.278. The molecule has 3 heterocycles. The first kappa shape index (κ1) is 15.0. The fourth-order valence-electron chi connectivity index (χ4n) is 2.77. The molecule has 0 radical (unpaired) electrons. The molecule has 3 aromatic rings. The topological polar surface area (TPSA) is 50.4 Å². The Morgan fingerprint density at radius 3 is 2.36 bits per heavy atom. The minimum absolute atomic E-state index is 0.181. The third-order valence-electron chi connectivity index (χ3n) is 4.06. The summed E-state index contributed by atoms with van der Waals surface area (Å²) in [4.78, 5) is 12.3. The Labute approximate surface area is 133 Å². The highest BCUT2D eigenvalue weighted by Crippen LogP contribution is 2.41. The van der Waals surface area contributed by atoms with Crippen LogP contribution in [-0.2, 0) is 4.79 Å². The van der Waals surface area contributed by atoms with Crippen molar-refractivity contribution in [1.82, 2.24) is 0 Å². The molecule has 1 aromatic carbocycles.